The maximum absolute atomic E-state index is 12.3. The summed E-state index contributed by atoms with van der Waals surface area (Å²) >= 11 is 0. The van der Waals surface area contributed by atoms with Crippen LogP contribution in [0.15, 0.2) is 12.1 Å². The molecule has 1 unspecified atom stereocenters. The van der Waals surface area contributed by atoms with Crippen molar-refractivity contribution in [2.75, 3.05) is 47.5 Å². The van der Waals surface area contributed by atoms with Gasteiger partial charge in [0.1, 0.15) is 17.2 Å². The molecule has 0 saturated carbocycles. The number of amides is 1. The topological polar surface area (TPSA) is 86.1 Å². The van der Waals surface area contributed by atoms with Crippen LogP contribution in [0.2, 0.25) is 0 Å². The predicted molar refractivity (Wildman–Crippen MR) is 103 cm³/mol. The fraction of sp³-hybridized carbons (Fsp3) is 0.611. The first-order chi connectivity index (χ1) is 11.9. The Balaban J connectivity index is 0.00000338. The van der Waals surface area contributed by atoms with Gasteiger partial charge in [0.05, 0.1) is 40.0 Å². The first-order valence-electron chi connectivity index (χ1n) is 8.42. The minimum atomic E-state index is -0.0267. The van der Waals surface area contributed by atoms with Gasteiger partial charge in [-0.15, -0.1) is 12.4 Å². The number of rotatable bonds is 8. The van der Waals surface area contributed by atoms with Gasteiger partial charge < -0.3 is 25.3 Å². The molecule has 26 heavy (non-hydrogen) atoms. The van der Waals surface area contributed by atoms with E-state index in [4.69, 9.17) is 19.9 Å². The number of hydrogen-bond acceptors (Lipinski definition) is 6. The van der Waals surface area contributed by atoms with Crippen molar-refractivity contribution in [3.63, 3.8) is 0 Å². The van der Waals surface area contributed by atoms with E-state index in [1.54, 1.807) is 33.5 Å². The Morgan fingerprint density at radius 1 is 1.23 bits per heavy atom. The molecule has 0 bridgehead atoms. The number of nitrogens with zero attached hydrogens (tertiary/aromatic N) is 1. The Hall–Kier alpha value is -1.70. The van der Waals surface area contributed by atoms with E-state index in [1.807, 2.05) is 0 Å². The zero-order valence-corrected chi connectivity index (χ0v) is 16.8. The van der Waals surface area contributed by atoms with E-state index in [9.17, 15) is 4.79 Å². The van der Waals surface area contributed by atoms with Gasteiger partial charge >= 0.3 is 0 Å². The number of likely N-dealkylation sites (tertiary alicyclic amines) is 1. The molecule has 1 atom stereocenters. The number of carbonyl (C=O) groups is 1. The van der Waals surface area contributed by atoms with Gasteiger partial charge in [0.15, 0.2) is 0 Å². The van der Waals surface area contributed by atoms with Crippen LogP contribution in [0, 0.1) is 5.41 Å². The van der Waals surface area contributed by atoms with Gasteiger partial charge in [-0.1, -0.05) is 6.92 Å². The number of ether oxygens (including phenoxy) is 3. The van der Waals surface area contributed by atoms with Crippen LogP contribution in [0.4, 0.5) is 0 Å². The third-order valence-corrected chi connectivity index (χ3v) is 4.78. The van der Waals surface area contributed by atoms with Crippen LogP contribution in [-0.4, -0.2) is 58.3 Å². The molecule has 1 aliphatic heterocycles. The molecule has 1 aliphatic rings. The van der Waals surface area contributed by atoms with E-state index in [1.165, 1.54) is 0 Å². The molecule has 0 spiro atoms. The van der Waals surface area contributed by atoms with E-state index in [0.717, 1.165) is 25.1 Å². The van der Waals surface area contributed by atoms with Gasteiger partial charge in [-0.05, 0) is 24.9 Å². The zero-order chi connectivity index (χ0) is 18.4. The van der Waals surface area contributed by atoms with Crippen molar-refractivity contribution in [1.29, 1.82) is 0 Å². The third-order valence-electron chi connectivity index (χ3n) is 4.78. The number of hydrogen-bond donors (Lipinski definition) is 2. The zero-order valence-electron chi connectivity index (χ0n) is 16.0. The minimum absolute atomic E-state index is 0. The van der Waals surface area contributed by atoms with Gasteiger partial charge in [-0.25, -0.2) is 0 Å². The summed E-state index contributed by atoms with van der Waals surface area (Å²) in [4.78, 5) is 14.4. The van der Waals surface area contributed by atoms with E-state index in [2.05, 4.69) is 17.1 Å². The van der Waals surface area contributed by atoms with Crippen LogP contribution in [0.5, 0.6) is 17.2 Å². The summed E-state index contributed by atoms with van der Waals surface area (Å²) in [7, 11) is 4.75. The summed E-state index contributed by atoms with van der Waals surface area (Å²) in [6, 6.07) is 3.55. The molecule has 1 aromatic carbocycles. The standard InChI is InChI=1S/C18H29N3O4.ClH/c1-18(11-19)5-6-21(12-18)10-17(22)20-9-14-15(24-3)7-13(23-2)8-16(14)25-4;/h7-8H,5-6,9-12,19H2,1-4H3,(H,20,22);1H. The molecule has 2 rings (SSSR count). The van der Waals surface area contributed by atoms with E-state index in [-0.39, 0.29) is 23.7 Å². The molecule has 3 N–H and O–H groups in total. The molecule has 1 saturated heterocycles. The number of benzene rings is 1. The van der Waals surface area contributed by atoms with Crippen LogP contribution in [0.25, 0.3) is 0 Å². The summed E-state index contributed by atoms with van der Waals surface area (Å²) in [5.41, 5.74) is 6.72. The van der Waals surface area contributed by atoms with Gasteiger partial charge in [-0.2, -0.15) is 0 Å². The van der Waals surface area contributed by atoms with Crippen molar-refractivity contribution >= 4 is 18.3 Å². The molecule has 0 radical (unpaired) electrons. The Labute approximate surface area is 161 Å². The van der Waals surface area contributed by atoms with Crippen molar-refractivity contribution in [1.82, 2.24) is 10.2 Å². The van der Waals surface area contributed by atoms with Crippen molar-refractivity contribution in [3.05, 3.63) is 17.7 Å². The Bertz CT molecular complexity index is 589. The number of carbonyl (C=O) groups excluding carboxylic acids is 1. The fourth-order valence-corrected chi connectivity index (χ4v) is 3.13. The summed E-state index contributed by atoms with van der Waals surface area (Å²) in [5, 5.41) is 2.95. The second kappa shape index (κ2) is 9.85. The fourth-order valence-electron chi connectivity index (χ4n) is 3.13. The highest BCUT2D eigenvalue weighted by Crippen LogP contribution is 2.34. The molecule has 1 amide bonds. The van der Waals surface area contributed by atoms with Crippen LogP contribution < -0.4 is 25.3 Å². The summed E-state index contributed by atoms with van der Waals surface area (Å²) in [6.07, 6.45) is 1.02. The average molecular weight is 388 g/mol. The van der Waals surface area contributed by atoms with Gasteiger partial charge in [0.25, 0.3) is 0 Å². The predicted octanol–water partition coefficient (Wildman–Crippen LogP) is 1.42. The Kier molecular flexibility index (Phi) is 8.46. The van der Waals surface area contributed by atoms with Crippen LogP contribution in [0.1, 0.15) is 18.9 Å². The van der Waals surface area contributed by atoms with Crippen LogP contribution >= 0.6 is 12.4 Å². The van der Waals surface area contributed by atoms with Gasteiger partial charge in [-0.3, -0.25) is 9.69 Å². The average Bonchev–Trinajstić information content (AvgIpc) is 3.00. The lowest BCUT2D eigenvalue weighted by Crippen LogP contribution is -2.38. The highest BCUT2D eigenvalue weighted by Gasteiger charge is 2.33. The normalized spacial score (nSPS) is 19.6. The highest BCUT2D eigenvalue weighted by atomic mass is 35.5. The van der Waals surface area contributed by atoms with Crippen molar-refractivity contribution in [2.45, 2.75) is 19.9 Å². The van der Waals surface area contributed by atoms with Crippen molar-refractivity contribution in [2.24, 2.45) is 11.1 Å². The molecule has 148 valence electrons. The lowest BCUT2D eigenvalue weighted by molar-refractivity contribution is -0.122. The molecule has 1 fully saturated rings. The SMILES string of the molecule is COc1cc(OC)c(CNC(=O)CN2CCC(C)(CN)C2)c(OC)c1.Cl. The number of nitrogens with one attached hydrogen (secondary N) is 1. The van der Waals surface area contributed by atoms with Gasteiger partial charge in [0.2, 0.25) is 5.91 Å². The molecule has 7 nitrogen and oxygen atoms in total. The summed E-state index contributed by atoms with van der Waals surface area (Å²) in [6.45, 7) is 5.26. The molecular formula is C18H30ClN3O4. The Morgan fingerprint density at radius 2 is 1.85 bits per heavy atom. The number of nitrogens with two attached hydrogens (primary N) is 1. The first kappa shape index (κ1) is 22.3. The monoisotopic (exact) mass is 387 g/mol. The number of halogens is 1. The lowest BCUT2D eigenvalue weighted by Gasteiger charge is -2.22. The molecular weight excluding hydrogens is 358 g/mol. The maximum atomic E-state index is 12.3. The molecule has 0 aliphatic carbocycles. The number of methoxy groups -OCH3 is 3. The molecule has 8 heteroatoms. The first-order valence-corrected chi connectivity index (χ1v) is 8.42. The summed E-state index contributed by atoms with van der Waals surface area (Å²) < 4.78 is 16.0. The van der Waals surface area contributed by atoms with Crippen molar-refractivity contribution < 1.29 is 19.0 Å². The molecule has 1 aromatic rings. The largest absolute Gasteiger partial charge is 0.496 e. The maximum Gasteiger partial charge on any atom is 0.234 e. The third kappa shape index (κ3) is 5.40. The van der Waals surface area contributed by atoms with E-state index in [0.29, 0.717) is 36.9 Å². The minimum Gasteiger partial charge on any atom is -0.496 e. The summed E-state index contributed by atoms with van der Waals surface area (Å²) in [5.74, 6) is 1.85. The van der Waals surface area contributed by atoms with Crippen LogP contribution in [0.3, 0.4) is 0 Å². The molecule has 1 heterocycles. The lowest BCUT2D eigenvalue weighted by atomic mass is 9.90. The second-order valence-electron chi connectivity index (χ2n) is 6.76. The highest BCUT2D eigenvalue weighted by molar-refractivity contribution is 5.85. The van der Waals surface area contributed by atoms with Gasteiger partial charge in [0, 0.05) is 18.7 Å². The van der Waals surface area contributed by atoms with E-state index < -0.39 is 0 Å². The quantitative estimate of drug-likeness (QED) is 0.701. The van der Waals surface area contributed by atoms with Crippen LogP contribution in [-0.2, 0) is 11.3 Å². The second-order valence-corrected chi connectivity index (χ2v) is 6.76. The Morgan fingerprint density at radius 3 is 2.31 bits per heavy atom. The molecule has 0 aromatic heterocycles. The van der Waals surface area contributed by atoms with E-state index >= 15 is 0 Å². The van der Waals surface area contributed by atoms with Crippen molar-refractivity contribution in [3.8, 4) is 17.2 Å². The smallest absolute Gasteiger partial charge is 0.234 e.